The molecule has 0 spiro atoms. The Morgan fingerprint density at radius 1 is 1.23 bits per heavy atom. The number of nitrogens with zero attached hydrogens (tertiary/aromatic N) is 4. The van der Waals surface area contributed by atoms with E-state index in [9.17, 15) is 12.8 Å². The van der Waals surface area contributed by atoms with Gasteiger partial charge < -0.3 is 10.6 Å². The van der Waals surface area contributed by atoms with Crippen molar-refractivity contribution in [2.24, 2.45) is 10.7 Å². The molecule has 8 nitrogen and oxygen atoms in total. The third-order valence-electron chi connectivity index (χ3n) is 7.25. The minimum Gasteiger partial charge on any atom is -0.325 e. The van der Waals surface area contributed by atoms with Gasteiger partial charge in [-0.1, -0.05) is 63.8 Å². The molecule has 1 atom stereocenters. The minimum absolute atomic E-state index is 0.00684. The molecule has 11 heteroatoms. The maximum atomic E-state index is 16.1. The molecule has 1 aromatic heterocycles. The molecule has 0 amide bonds. The number of sulfonamides is 1. The Morgan fingerprint density at radius 3 is 2.55 bits per heavy atom. The number of nitrogens with one attached hydrogen (secondary N) is 1. The van der Waals surface area contributed by atoms with Gasteiger partial charge >= 0.3 is 0 Å². The molecule has 1 aromatic carbocycles. The summed E-state index contributed by atoms with van der Waals surface area (Å²) in [5, 5.41) is 4.91. The van der Waals surface area contributed by atoms with E-state index in [0.29, 0.717) is 32.3 Å². The highest BCUT2D eigenvalue weighted by atomic mass is 32.2. The van der Waals surface area contributed by atoms with E-state index in [1.165, 1.54) is 18.2 Å². The third kappa shape index (κ3) is 9.93. The molecule has 2 heterocycles. The first-order valence-corrected chi connectivity index (χ1v) is 16.2. The van der Waals surface area contributed by atoms with Crippen LogP contribution in [0.3, 0.4) is 0 Å². The van der Waals surface area contributed by atoms with Gasteiger partial charge in [-0.15, -0.1) is 0 Å². The van der Waals surface area contributed by atoms with Crippen LogP contribution in [0.25, 0.3) is 11.1 Å². The van der Waals surface area contributed by atoms with Crippen LogP contribution in [-0.4, -0.2) is 63.2 Å². The van der Waals surface area contributed by atoms with Crippen molar-refractivity contribution < 1.29 is 17.2 Å². The highest BCUT2D eigenvalue weighted by Crippen LogP contribution is 2.34. The lowest BCUT2D eigenvalue weighted by atomic mass is 9.96. The summed E-state index contributed by atoms with van der Waals surface area (Å²) >= 11 is 0. The van der Waals surface area contributed by atoms with Gasteiger partial charge in [0.15, 0.2) is 5.83 Å². The number of aliphatic imine (C=N–C) groups is 1. The lowest BCUT2D eigenvalue weighted by molar-refractivity contribution is 0.293. The van der Waals surface area contributed by atoms with Crippen molar-refractivity contribution in [2.75, 3.05) is 33.9 Å². The van der Waals surface area contributed by atoms with Crippen molar-refractivity contribution in [3.05, 3.63) is 96.4 Å². The Kier molecular flexibility index (Phi) is 15.1. The van der Waals surface area contributed by atoms with Gasteiger partial charge in [-0.2, -0.15) is 5.10 Å². The quantitative estimate of drug-likeness (QED) is 0.216. The van der Waals surface area contributed by atoms with Gasteiger partial charge in [0.1, 0.15) is 5.69 Å². The summed E-state index contributed by atoms with van der Waals surface area (Å²) in [5.74, 6) is -0.848. The summed E-state index contributed by atoms with van der Waals surface area (Å²) in [4.78, 5) is 6.70. The van der Waals surface area contributed by atoms with Crippen LogP contribution in [0, 0.1) is 0 Å². The van der Waals surface area contributed by atoms with Crippen molar-refractivity contribution in [2.45, 2.75) is 56.9 Å². The van der Waals surface area contributed by atoms with Gasteiger partial charge in [0.05, 0.1) is 23.8 Å². The number of benzene rings is 1. The molecule has 0 aliphatic carbocycles. The molecule has 0 saturated carbocycles. The van der Waals surface area contributed by atoms with Gasteiger partial charge in [0, 0.05) is 35.8 Å². The predicted molar refractivity (Wildman–Crippen MR) is 178 cm³/mol. The van der Waals surface area contributed by atoms with Crippen molar-refractivity contribution in [3.8, 4) is 0 Å². The Morgan fingerprint density at radius 2 is 1.93 bits per heavy atom. The first-order chi connectivity index (χ1) is 21.1. The van der Waals surface area contributed by atoms with Gasteiger partial charge in [0.2, 0.25) is 0 Å². The van der Waals surface area contributed by atoms with Gasteiger partial charge in [-0.3, -0.25) is 18.8 Å². The van der Waals surface area contributed by atoms with Crippen LogP contribution in [0.5, 0.6) is 0 Å². The third-order valence-corrected chi connectivity index (χ3v) is 8.66. The predicted octanol–water partition coefficient (Wildman–Crippen LogP) is 6.60. The molecular formula is C33H46F2N6O2S. The molecule has 3 N–H and O–H groups in total. The molecule has 44 heavy (non-hydrogen) atoms. The SMILES string of the molecule is C=C/C(=C(/F)C(=C)NS(=O)(=O)c1ccccc1)c1nn(C(CCC)CCN(C)CC)cc1/C1=C/C=N/C(CN)=C\CC1.CF. The first-order valence-electron chi connectivity index (χ1n) is 14.7. The second-order valence-electron chi connectivity index (χ2n) is 10.2. The summed E-state index contributed by atoms with van der Waals surface area (Å²) in [6, 6.07) is 7.86. The Labute approximate surface area is 261 Å². The van der Waals surface area contributed by atoms with Crippen LogP contribution in [0.2, 0.25) is 0 Å². The number of aromatic nitrogens is 2. The summed E-state index contributed by atoms with van der Waals surface area (Å²) in [5.41, 5.74) is 8.29. The summed E-state index contributed by atoms with van der Waals surface area (Å²) < 4.78 is 55.6. The normalized spacial score (nSPS) is 17.8. The Balaban J connectivity index is 0.00000330. The Bertz CT molecular complexity index is 1480. The van der Waals surface area contributed by atoms with E-state index in [-0.39, 0.29) is 16.5 Å². The summed E-state index contributed by atoms with van der Waals surface area (Å²) in [6.07, 6.45) is 13.0. The fourth-order valence-corrected chi connectivity index (χ4v) is 5.76. The Hall–Kier alpha value is -3.67. The zero-order chi connectivity index (χ0) is 32.7. The number of hydrogen-bond acceptors (Lipinski definition) is 6. The monoisotopic (exact) mass is 628 g/mol. The lowest BCUT2D eigenvalue weighted by Crippen LogP contribution is -2.23. The van der Waals surface area contributed by atoms with E-state index in [2.05, 4.69) is 48.7 Å². The molecule has 2 aromatic rings. The molecule has 1 unspecified atom stereocenters. The maximum absolute atomic E-state index is 16.1. The first kappa shape index (κ1) is 36.5. The van der Waals surface area contributed by atoms with Crippen LogP contribution < -0.4 is 10.5 Å². The van der Waals surface area contributed by atoms with E-state index >= 15 is 4.39 Å². The fourth-order valence-electron chi connectivity index (χ4n) is 4.71. The highest BCUT2D eigenvalue weighted by molar-refractivity contribution is 7.89. The minimum atomic E-state index is -4.04. The molecule has 0 saturated heterocycles. The second-order valence-corrected chi connectivity index (χ2v) is 11.9. The number of rotatable bonds is 15. The lowest BCUT2D eigenvalue weighted by Gasteiger charge is -2.21. The van der Waals surface area contributed by atoms with Crippen LogP contribution in [0.4, 0.5) is 8.78 Å². The van der Waals surface area contributed by atoms with E-state index < -0.39 is 21.5 Å². The average Bonchev–Trinajstić information content (AvgIpc) is 3.45. The van der Waals surface area contributed by atoms with E-state index in [4.69, 9.17) is 10.8 Å². The molecule has 0 bridgehead atoms. The summed E-state index contributed by atoms with van der Waals surface area (Å²) in [7, 11) is -1.46. The topological polar surface area (TPSA) is 106 Å². The smallest absolute Gasteiger partial charge is 0.261 e. The van der Waals surface area contributed by atoms with E-state index in [1.54, 1.807) is 24.4 Å². The highest BCUT2D eigenvalue weighted by Gasteiger charge is 2.24. The van der Waals surface area contributed by atoms with Crippen molar-refractivity contribution in [1.29, 1.82) is 0 Å². The molecule has 3 rings (SSSR count). The maximum Gasteiger partial charge on any atom is 0.261 e. The molecular weight excluding hydrogens is 582 g/mol. The van der Waals surface area contributed by atoms with Crippen LogP contribution in [0.15, 0.2) is 95.0 Å². The van der Waals surface area contributed by atoms with E-state index in [0.717, 1.165) is 49.2 Å². The number of nitrogens with two attached hydrogens (primary N) is 1. The van der Waals surface area contributed by atoms with Crippen molar-refractivity contribution in [3.63, 3.8) is 0 Å². The number of alkyl halides is 1. The van der Waals surface area contributed by atoms with Gasteiger partial charge in [-0.25, -0.2) is 12.8 Å². The molecule has 1 aliphatic rings. The molecule has 0 radical (unpaired) electrons. The van der Waals surface area contributed by atoms with Gasteiger partial charge in [0.25, 0.3) is 10.0 Å². The molecule has 240 valence electrons. The zero-order valence-corrected chi connectivity index (χ0v) is 27.1. The second kappa shape index (κ2) is 18.2. The van der Waals surface area contributed by atoms with E-state index in [1.807, 2.05) is 23.0 Å². The van der Waals surface area contributed by atoms with Crippen LogP contribution in [0.1, 0.15) is 63.3 Å². The zero-order valence-electron chi connectivity index (χ0n) is 26.3. The standard InChI is InChI=1S/C32H43FN6O2S.CH3F/c1-6-13-27(19-21-38(5)8-3)39-23-30(25-14-12-15-26(22-34)35-20-18-25)32(36-39)29(7-2)31(33)24(4)37-42(40,41)28-16-10-9-11-17-28;1-2/h7,9-11,15-18,20,23,27,37H,2,4,6,8,12-14,19,21-22,34H2,1,3,5H3;1H3/b25-18+,26-15-,31-29-,35-20+;. The molecule has 0 fully saturated rings. The fraction of sp³-hybridized carbons (Fsp3) is 0.394. The van der Waals surface area contributed by atoms with Crippen molar-refractivity contribution in [1.82, 2.24) is 19.4 Å². The average molecular weight is 629 g/mol. The van der Waals surface area contributed by atoms with Crippen molar-refractivity contribution >= 4 is 27.4 Å². The molecule has 1 aliphatic heterocycles. The number of halogens is 2. The number of hydrogen-bond donors (Lipinski definition) is 2. The largest absolute Gasteiger partial charge is 0.325 e. The summed E-state index contributed by atoms with van der Waals surface area (Å²) in [6.45, 7) is 14.0. The van der Waals surface area contributed by atoms with Crippen LogP contribution in [-0.2, 0) is 10.0 Å². The van der Waals surface area contributed by atoms with Crippen LogP contribution >= 0.6 is 0 Å². The number of allylic oxidation sites excluding steroid dienone is 6. The van der Waals surface area contributed by atoms with Gasteiger partial charge in [-0.05, 0) is 69.6 Å².